The Balaban J connectivity index is 1.69. The minimum absolute atomic E-state index is 0.284. The Morgan fingerprint density at radius 1 is 1.09 bits per heavy atom. The average Bonchev–Trinajstić information content (AvgIpc) is 3.23. The lowest BCUT2D eigenvalue weighted by Crippen LogP contribution is -2.10. The first-order valence-corrected chi connectivity index (χ1v) is 10.6. The first-order chi connectivity index (χ1) is 16.0. The number of fused-ring (bicyclic) bond motifs is 1. The molecule has 0 fully saturated rings. The molecule has 5 nitrogen and oxygen atoms in total. The van der Waals surface area contributed by atoms with Gasteiger partial charge in [-0.05, 0) is 55.3 Å². The normalized spacial score (nSPS) is 11.5. The van der Waals surface area contributed by atoms with E-state index in [-0.39, 0.29) is 11.7 Å². The number of methoxy groups -OCH3 is 1. The van der Waals surface area contributed by atoms with Crippen LogP contribution in [0.15, 0.2) is 77.4 Å². The molecule has 33 heavy (non-hydrogen) atoms. The van der Waals surface area contributed by atoms with Gasteiger partial charge in [-0.1, -0.05) is 24.3 Å². The van der Waals surface area contributed by atoms with Gasteiger partial charge in [0.1, 0.15) is 22.9 Å². The van der Waals surface area contributed by atoms with Gasteiger partial charge in [0, 0.05) is 28.7 Å². The summed E-state index contributed by atoms with van der Waals surface area (Å²) in [5.41, 5.74) is 4.37. The maximum absolute atomic E-state index is 13.4. The third-order valence-electron chi connectivity index (χ3n) is 5.27. The number of rotatable bonds is 7. The fourth-order valence-electron chi connectivity index (χ4n) is 3.68. The van der Waals surface area contributed by atoms with Crippen LogP contribution >= 0.6 is 0 Å². The topological polar surface area (TPSA) is 60.7 Å². The highest BCUT2D eigenvalue weighted by molar-refractivity contribution is 6.06. The number of nitrogens with one attached hydrogen (secondary N) is 1. The molecule has 0 saturated heterocycles. The summed E-state index contributed by atoms with van der Waals surface area (Å²) >= 11 is 0. The lowest BCUT2D eigenvalue weighted by molar-refractivity contribution is -0.111. The van der Waals surface area contributed by atoms with Gasteiger partial charge in [-0.2, -0.15) is 0 Å². The van der Waals surface area contributed by atoms with Crippen LogP contribution in [0.25, 0.3) is 27.7 Å². The summed E-state index contributed by atoms with van der Waals surface area (Å²) < 4.78 is 30.2. The van der Waals surface area contributed by atoms with Gasteiger partial charge in [-0.25, -0.2) is 4.39 Å². The monoisotopic (exact) mass is 445 g/mol. The Labute approximate surface area is 191 Å². The Kier molecular flexibility index (Phi) is 6.45. The molecule has 1 heterocycles. The summed E-state index contributed by atoms with van der Waals surface area (Å²) in [6.45, 7) is 4.23. The third-order valence-corrected chi connectivity index (χ3v) is 5.27. The molecule has 1 N–H and O–H groups in total. The molecular weight excluding hydrogens is 421 g/mol. The number of carbonyl (C=O) groups excluding carboxylic acids is 1. The molecule has 0 radical (unpaired) electrons. The van der Waals surface area contributed by atoms with Gasteiger partial charge in [0.15, 0.2) is 0 Å². The number of ether oxygens (including phenoxy) is 2. The Morgan fingerprint density at radius 2 is 1.85 bits per heavy atom. The molecule has 0 aliphatic carbocycles. The first kappa shape index (κ1) is 22.1. The van der Waals surface area contributed by atoms with Crippen molar-refractivity contribution in [3.05, 3.63) is 84.4 Å². The lowest BCUT2D eigenvalue weighted by atomic mass is 9.99. The number of carbonyl (C=O) groups is 1. The predicted molar refractivity (Wildman–Crippen MR) is 128 cm³/mol. The van der Waals surface area contributed by atoms with E-state index in [1.165, 1.54) is 18.2 Å². The zero-order chi connectivity index (χ0) is 23.4. The highest BCUT2D eigenvalue weighted by Crippen LogP contribution is 2.37. The Hall–Kier alpha value is -4.06. The highest BCUT2D eigenvalue weighted by atomic mass is 19.1. The molecule has 1 amide bonds. The van der Waals surface area contributed by atoms with Crippen molar-refractivity contribution in [2.75, 3.05) is 19.0 Å². The lowest BCUT2D eigenvalue weighted by Gasteiger charge is -2.12. The van der Waals surface area contributed by atoms with Crippen LogP contribution in [0, 0.1) is 5.82 Å². The van der Waals surface area contributed by atoms with Gasteiger partial charge in [0.05, 0.1) is 25.7 Å². The van der Waals surface area contributed by atoms with E-state index in [0.29, 0.717) is 34.9 Å². The van der Waals surface area contributed by atoms with Crippen LogP contribution in [-0.2, 0) is 4.79 Å². The molecule has 0 bridgehead atoms. The second-order valence-corrected chi connectivity index (χ2v) is 7.45. The van der Waals surface area contributed by atoms with Crippen molar-refractivity contribution < 1.29 is 23.1 Å². The maximum atomic E-state index is 13.4. The van der Waals surface area contributed by atoms with E-state index < -0.39 is 0 Å². The predicted octanol–water partition coefficient (Wildman–Crippen LogP) is 6.69. The molecule has 168 valence electrons. The summed E-state index contributed by atoms with van der Waals surface area (Å²) in [5, 5.41) is 3.71. The average molecular weight is 445 g/mol. The molecule has 0 aliphatic rings. The van der Waals surface area contributed by atoms with Crippen LogP contribution in [0.1, 0.15) is 19.4 Å². The van der Waals surface area contributed by atoms with Crippen molar-refractivity contribution in [2.45, 2.75) is 13.8 Å². The molecular formula is C27H24FNO4. The first-order valence-electron chi connectivity index (χ1n) is 10.6. The minimum atomic E-state index is -0.301. The number of para-hydroxylation sites is 2. The van der Waals surface area contributed by atoms with Crippen molar-refractivity contribution in [1.82, 2.24) is 0 Å². The molecule has 0 atom stereocenters. The summed E-state index contributed by atoms with van der Waals surface area (Å²) in [6, 6.07) is 17.2. The van der Waals surface area contributed by atoms with E-state index in [4.69, 9.17) is 13.9 Å². The molecule has 6 heteroatoms. The zero-order valence-corrected chi connectivity index (χ0v) is 18.6. The third kappa shape index (κ3) is 4.75. The zero-order valence-electron chi connectivity index (χ0n) is 18.6. The fourth-order valence-corrected chi connectivity index (χ4v) is 3.68. The van der Waals surface area contributed by atoms with E-state index in [2.05, 4.69) is 5.32 Å². The number of benzene rings is 3. The largest absolute Gasteiger partial charge is 0.496 e. The van der Waals surface area contributed by atoms with Crippen molar-refractivity contribution in [3.8, 4) is 22.6 Å². The standard InChI is InChI=1S/C27H24FNO4/c1-4-32-24-8-6-5-7-23(24)29-27(30)13-17(2)20-14-21-22(18-9-11-19(28)12-10-18)16-33-26(21)15-25(20)31-3/h5-16H,4H2,1-3H3,(H,29,30)/b17-13+. The SMILES string of the molecule is CCOc1ccccc1NC(=O)/C=C(\C)c1cc2c(-c3ccc(F)cc3)coc2cc1OC. The smallest absolute Gasteiger partial charge is 0.248 e. The van der Waals surface area contributed by atoms with Gasteiger partial charge in [-0.3, -0.25) is 4.79 Å². The molecule has 4 aromatic rings. The van der Waals surface area contributed by atoms with E-state index >= 15 is 0 Å². The molecule has 0 spiro atoms. The van der Waals surface area contributed by atoms with Crippen molar-refractivity contribution in [2.24, 2.45) is 0 Å². The summed E-state index contributed by atoms with van der Waals surface area (Å²) in [5.74, 6) is 0.608. The number of hydrogen-bond acceptors (Lipinski definition) is 4. The number of allylic oxidation sites excluding steroid dienone is 1. The molecule has 3 aromatic carbocycles. The van der Waals surface area contributed by atoms with Crippen molar-refractivity contribution in [3.63, 3.8) is 0 Å². The maximum Gasteiger partial charge on any atom is 0.248 e. The van der Waals surface area contributed by atoms with E-state index in [0.717, 1.165) is 22.1 Å². The summed E-state index contributed by atoms with van der Waals surface area (Å²) in [7, 11) is 1.57. The summed E-state index contributed by atoms with van der Waals surface area (Å²) in [4.78, 5) is 12.7. The van der Waals surface area contributed by atoms with Gasteiger partial charge < -0.3 is 19.2 Å². The van der Waals surface area contributed by atoms with Crippen LogP contribution in [0.2, 0.25) is 0 Å². The molecule has 0 unspecified atom stereocenters. The van der Waals surface area contributed by atoms with Gasteiger partial charge >= 0.3 is 0 Å². The molecule has 0 aliphatic heterocycles. The van der Waals surface area contributed by atoms with Crippen LogP contribution in [0.5, 0.6) is 11.5 Å². The fraction of sp³-hybridized carbons (Fsp3) is 0.148. The highest BCUT2D eigenvalue weighted by Gasteiger charge is 2.15. The van der Waals surface area contributed by atoms with E-state index in [1.54, 1.807) is 37.6 Å². The molecule has 0 saturated carbocycles. The second kappa shape index (κ2) is 9.61. The molecule has 1 aromatic heterocycles. The number of furan rings is 1. The second-order valence-electron chi connectivity index (χ2n) is 7.45. The summed E-state index contributed by atoms with van der Waals surface area (Å²) in [6.07, 6.45) is 3.15. The van der Waals surface area contributed by atoms with Crippen LogP contribution in [-0.4, -0.2) is 19.6 Å². The van der Waals surface area contributed by atoms with Crippen LogP contribution < -0.4 is 14.8 Å². The van der Waals surface area contributed by atoms with E-state index in [1.807, 2.05) is 38.1 Å². The van der Waals surface area contributed by atoms with Gasteiger partial charge in [0.2, 0.25) is 5.91 Å². The van der Waals surface area contributed by atoms with Crippen LogP contribution in [0.3, 0.4) is 0 Å². The van der Waals surface area contributed by atoms with Gasteiger partial charge in [0.25, 0.3) is 0 Å². The van der Waals surface area contributed by atoms with Crippen molar-refractivity contribution >= 4 is 28.1 Å². The molecule has 4 rings (SSSR count). The number of amides is 1. The van der Waals surface area contributed by atoms with Gasteiger partial charge in [-0.15, -0.1) is 0 Å². The quantitative estimate of drug-likeness (QED) is 0.322. The number of hydrogen-bond donors (Lipinski definition) is 1. The minimum Gasteiger partial charge on any atom is -0.496 e. The number of anilines is 1. The van der Waals surface area contributed by atoms with Crippen LogP contribution in [0.4, 0.5) is 10.1 Å². The Morgan fingerprint density at radius 3 is 2.58 bits per heavy atom. The Bertz CT molecular complexity index is 1320. The van der Waals surface area contributed by atoms with E-state index in [9.17, 15) is 9.18 Å². The number of halogens is 1. The van der Waals surface area contributed by atoms with Crippen molar-refractivity contribution in [1.29, 1.82) is 0 Å².